The Balaban J connectivity index is 2.69. The highest BCUT2D eigenvalue weighted by Gasteiger charge is 2.13. The molecule has 0 saturated heterocycles. The SMILES string of the molecule is CCCCCN(CCO)C(=O)Nc1ccc(N(C)C)c(C)c1. The van der Waals surface area contributed by atoms with Gasteiger partial charge >= 0.3 is 6.03 Å². The largest absolute Gasteiger partial charge is 0.395 e. The van der Waals surface area contributed by atoms with E-state index in [9.17, 15) is 4.79 Å². The van der Waals surface area contributed by atoms with Gasteiger partial charge in [0.2, 0.25) is 0 Å². The summed E-state index contributed by atoms with van der Waals surface area (Å²) in [6, 6.07) is 5.72. The third kappa shape index (κ3) is 5.56. The number of hydrogen-bond acceptors (Lipinski definition) is 3. The summed E-state index contributed by atoms with van der Waals surface area (Å²) in [4.78, 5) is 16.0. The predicted octanol–water partition coefficient (Wildman–Crippen LogP) is 3.08. The van der Waals surface area contributed by atoms with Crippen LogP contribution in [0.1, 0.15) is 31.7 Å². The Morgan fingerprint density at radius 1 is 1.23 bits per heavy atom. The van der Waals surface area contributed by atoms with Crippen molar-refractivity contribution in [2.45, 2.75) is 33.1 Å². The molecule has 0 fully saturated rings. The minimum absolute atomic E-state index is 0.0157. The molecule has 0 aromatic heterocycles. The van der Waals surface area contributed by atoms with E-state index in [2.05, 4.69) is 12.2 Å². The third-order valence-electron chi connectivity index (χ3n) is 3.62. The average Bonchev–Trinajstić information content (AvgIpc) is 2.46. The maximum Gasteiger partial charge on any atom is 0.321 e. The molecule has 0 bridgehead atoms. The lowest BCUT2D eigenvalue weighted by molar-refractivity contribution is 0.187. The highest BCUT2D eigenvalue weighted by atomic mass is 16.3. The summed E-state index contributed by atoms with van der Waals surface area (Å²) >= 11 is 0. The van der Waals surface area contributed by atoms with Gasteiger partial charge in [-0.05, 0) is 37.1 Å². The summed E-state index contributed by atoms with van der Waals surface area (Å²) in [6.45, 7) is 5.18. The van der Waals surface area contributed by atoms with Gasteiger partial charge in [-0.1, -0.05) is 19.8 Å². The highest BCUT2D eigenvalue weighted by molar-refractivity contribution is 5.89. The molecule has 2 N–H and O–H groups in total. The number of rotatable bonds is 8. The minimum atomic E-state index is -0.151. The lowest BCUT2D eigenvalue weighted by Gasteiger charge is -2.23. The first-order chi connectivity index (χ1) is 10.5. The van der Waals surface area contributed by atoms with Crippen LogP contribution in [0.2, 0.25) is 0 Å². The fraction of sp³-hybridized carbons (Fsp3) is 0.588. The lowest BCUT2D eigenvalue weighted by Crippen LogP contribution is -2.37. The standard InChI is InChI=1S/C17H29N3O2/c1-5-6-7-10-20(11-12-21)17(22)18-15-8-9-16(19(3)4)14(2)13-15/h8-9,13,21H,5-7,10-12H2,1-4H3,(H,18,22). The molecule has 1 rings (SSSR count). The van der Waals surface area contributed by atoms with E-state index in [1.165, 1.54) is 0 Å². The zero-order valence-corrected chi connectivity index (χ0v) is 14.2. The summed E-state index contributed by atoms with van der Waals surface area (Å²) < 4.78 is 0. The van der Waals surface area contributed by atoms with E-state index in [4.69, 9.17) is 5.11 Å². The number of anilines is 2. The quantitative estimate of drug-likeness (QED) is 0.726. The minimum Gasteiger partial charge on any atom is -0.395 e. The van der Waals surface area contributed by atoms with E-state index < -0.39 is 0 Å². The van der Waals surface area contributed by atoms with Crippen molar-refractivity contribution in [3.63, 3.8) is 0 Å². The smallest absolute Gasteiger partial charge is 0.321 e. The lowest BCUT2D eigenvalue weighted by atomic mass is 10.1. The number of hydrogen-bond donors (Lipinski definition) is 2. The Kier molecular flexibility index (Phi) is 7.74. The van der Waals surface area contributed by atoms with Crippen LogP contribution in [0.25, 0.3) is 0 Å². The van der Waals surface area contributed by atoms with Gasteiger partial charge in [0, 0.05) is 38.6 Å². The first-order valence-corrected chi connectivity index (χ1v) is 7.94. The summed E-state index contributed by atoms with van der Waals surface area (Å²) in [6.07, 6.45) is 3.16. The second-order valence-electron chi connectivity index (χ2n) is 5.74. The summed E-state index contributed by atoms with van der Waals surface area (Å²) in [5.41, 5.74) is 3.03. The number of unbranched alkanes of at least 4 members (excludes halogenated alkanes) is 2. The van der Waals surface area contributed by atoms with Gasteiger partial charge in [-0.3, -0.25) is 0 Å². The van der Waals surface area contributed by atoms with Gasteiger partial charge in [-0.15, -0.1) is 0 Å². The van der Waals surface area contributed by atoms with Crippen LogP contribution in [0.3, 0.4) is 0 Å². The fourth-order valence-electron chi connectivity index (χ4n) is 2.43. The van der Waals surface area contributed by atoms with Gasteiger partial charge in [0.25, 0.3) is 0 Å². The van der Waals surface area contributed by atoms with Crippen LogP contribution in [0.15, 0.2) is 18.2 Å². The van der Waals surface area contributed by atoms with Gasteiger partial charge in [0.15, 0.2) is 0 Å². The van der Waals surface area contributed by atoms with Crippen molar-refractivity contribution in [2.75, 3.05) is 44.0 Å². The van der Waals surface area contributed by atoms with Crippen molar-refractivity contribution in [2.24, 2.45) is 0 Å². The average molecular weight is 307 g/mol. The molecule has 0 heterocycles. The number of nitrogens with zero attached hydrogens (tertiary/aromatic N) is 2. The number of urea groups is 1. The van der Waals surface area contributed by atoms with Crippen LogP contribution >= 0.6 is 0 Å². The van der Waals surface area contributed by atoms with E-state index >= 15 is 0 Å². The van der Waals surface area contributed by atoms with Gasteiger partial charge in [-0.25, -0.2) is 4.79 Å². The molecule has 0 spiro atoms. The molecule has 0 aliphatic heterocycles. The molecule has 22 heavy (non-hydrogen) atoms. The molecule has 0 aliphatic rings. The van der Waals surface area contributed by atoms with Crippen LogP contribution in [-0.4, -0.2) is 49.8 Å². The van der Waals surface area contributed by atoms with Gasteiger partial charge < -0.3 is 20.2 Å². The first kappa shape index (κ1) is 18.3. The molecule has 1 aromatic rings. The van der Waals surface area contributed by atoms with Gasteiger partial charge in [0.1, 0.15) is 0 Å². The van der Waals surface area contributed by atoms with Crippen molar-refractivity contribution < 1.29 is 9.90 Å². The van der Waals surface area contributed by atoms with Gasteiger partial charge in [-0.2, -0.15) is 0 Å². The summed E-state index contributed by atoms with van der Waals surface area (Å²) in [7, 11) is 3.99. The Bertz CT molecular complexity index is 475. The molecule has 0 unspecified atom stereocenters. The molecular weight excluding hydrogens is 278 g/mol. The number of carbonyl (C=O) groups excluding carboxylic acids is 1. The van der Waals surface area contributed by atoms with Crippen LogP contribution in [0.4, 0.5) is 16.2 Å². The zero-order chi connectivity index (χ0) is 16.5. The van der Waals surface area contributed by atoms with E-state index in [0.717, 1.165) is 36.2 Å². The second-order valence-corrected chi connectivity index (χ2v) is 5.74. The number of carbonyl (C=O) groups is 1. The molecular formula is C17H29N3O2. The summed E-state index contributed by atoms with van der Waals surface area (Å²) in [5, 5.41) is 12.0. The number of benzene rings is 1. The van der Waals surface area contributed by atoms with Crippen LogP contribution < -0.4 is 10.2 Å². The van der Waals surface area contributed by atoms with Crippen molar-refractivity contribution in [3.8, 4) is 0 Å². The zero-order valence-electron chi connectivity index (χ0n) is 14.2. The van der Waals surface area contributed by atoms with Gasteiger partial charge in [0.05, 0.1) is 6.61 Å². The molecule has 5 heteroatoms. The predicted molar refractivity (Wildman–Crippen MR) is 92.7 cm³/mol. The van der Waals surface area contributed by atoms with E-state index in [0.29, 0.717) is 13.1 Å². The molecule has 0 saturated carbocycles. The fourth-order valence-corrected chi connectivity index (χ4v) is 2.43. The normalized spacial score (nSPS) is 10.4. The van der Waals surface area contributed by atoms with E-state index in [1.54, 1.807) is 4.90 Å². The summed E-state index contributed by atoms with van der Waals surface area (Å²) in [5.74, 6) is 0. The van der Waals surface area contributed by atoms with Crippen LogP contribution in [-0.2, 0) is 0 Å². The second kappa shape index (κ2) is 9.30. The molecule has 5 nitrogen and oxygen atoms in total. The number of aryl methyl sites for hydroxylation is 1. The molecule has 1 aromatic carbocycles. The van der Waals surface area contributed by atoms with Crippen LogP contribution in [0.5, 0.6) is 0 Å². The Morgan fingerprint density at radius 2 is 1.95 bits per heavy atom. The maximum atomic E-state index is 12.3. The van der Waals surface area contributed by atoms with Crippen molar-refractivity contribution in [1.29, 1.82) is 0 Å². The number of aliphatic hydroxyl groups is 1. The highest BCUT2D eigenvalue weighted by Crippen LogP contribution is 2.22. The molecule has 0 atom stereocenters. The van der Waals surface area contributed by atoms with E-state index in [-0.39, 0.29) is 12.6 Å². The Hall–Kier alpha value is -1.75. The molecule has 0 aliphatic carbocycles. The van der Waals surface area contributed by atoms with Crippen molar-refractivity contribution >= 4 is 17.4 Å². The van der Waals surface area contributed by atoms with Crippen molar-refractivity contribution in [1.82, 2.24) is 4.90 Å². The maximum absolute atomic E-state index is 12.3. The molecule has 2 amide bonds. The molecule has 0 radical (unpaired) electrons. The Labute approximate surface area is 133 Å². The first-order valence-electron chi connectivity index (χ1n) is 7.94. The molecule has 124 valence electrons. The van der Waals surface area contributed by atoms with E-state index in [1.807, 2.05) is 44.1 Å². The topological polar surface area (TPSA) is 55.8 Å². The monoisotopic (exact) mass is 307 g/mol. The van der Waals surface area contributed by atoms with Crippen LogP contribution in [0, 0.1) is 6.92 Å². The number of aliphatic hydroxyl groups excluding tert-OH is 1. The third-order valence-corrected chi connectivity index (χ3v) is 3.62. The Morgan fingerprint density at radius 3 is 2.50 bits per heavy atom. The number of amides is 2. The van der Waals surface area contributed by atoms with Crippen molar-refractivity contribution in [3.05, 3.63) is 23.8 Å². The number of nitrogens with one attached hydrogen (secondary N) is 1.